The molecule has 0 amide bonds. The van der Waals surface area contributed by atoms with Crippen LogP contribution in [0.5, 0.6) is 0 Å². The van der Waals surface area contributed by atoms with E-state index in [0.717, 1.165) is 18.2 Å². The van der Waals surface area contributed by atoms with Crippen LogP contribution in [-0.4, -0.2) is 23.9 Å². The Kier molecular flexibility index (Phi) is 5.06. The molecule has 0 fully saturated rings. The highest BCUT2D eigenvalue weighted by Crippen LogP contribution is 2.25. The van der Waals surface area contributed by atoms with E-state index in [9.17, 15) is 14.5 Å². The van der Waals surface area contributed by atoms with Gasteiger partial charge in [0.25, 0.3) is 5.69 Å². The molecule has 0 spiro atoms. The van der Waals surface area contributed by atoms with Crippen molar-refractivity contribution < 1.29 is 9.31 Å². The Hall–Kier alpha value is -2.47. The lowest BCUT2D eigenvalue weighted by molar-refractivity contribution is -0.384. The second-order valence-electron chi connectivity index (χ2n) is 5.33. The van der Waals surface area contributed by atoms with Crippen LogP contribution < -0.4 is 5.32 Å². The molecule has 0 unspecified atom stereocenters. The molecule has 2 aromatic rings. The Bertz CT molecular complexity index is 657. The first-order valence-corrected chi connectivity index (χ1v) is 6.86. The van der Waals surface area contributed by atoms with E-state index in [1.807, 2.05) is 38.4 Å². The van der Waals surface area contributed by atoms with Gasteiger partial charge in [0, 0.05) is 13.1 Å². The molecule has 0 radical (unpaired) electrons. The third kappa shape index (κ3) is 4.26. The van der Waals surface area contributed by atoms with E-state index >= 15 is 0 Å². The number of benzene rings is 2. The Morgan fingerprint density at radius 3 is 2.36 bits per heavy atom. The van der Waals surface area contributed by atoms with Crippen molar-refractivity contribution in [3.05, 3.63) is 69.5 Å². The van der Waals surface area contributed by atoms with Crippen LogP contribution in [0.25, 0.3) is 0 Å². The molecule has 22 heavy (non-hydrogen) atoms. The number of nitro groups is 1. The predicted molar refractivity (Wildman–Crippen MR) is 84.2 cm³/mol. The summed E-state index contributed by atoms with van der Waals surface area (Å²) in [6.07, 6.45) is 0. The highest BCUT2D eigenvalue weighted by atomic mass is 19.1. The second kappa shape index (κ2) is 7.00. The van der Waals surface area contributed by atoms with Gasteiger partial charge in [-0.05, 0) is 37.4 Å². The van der Waals surface area contributed by atoms with Gasteiger partial charge in [-0.3, -0.25) is 10.1 Å². The molecular weight excluding hydrogens is 285 g/mol. The Morgan fingerprint density at radius 1 is 1.14 bits per heavy atom. The summed E-state index contributed by atoms with van der Waals surface area (Å²) in [4.78, 5) is 12.4. The maximum atomic E-state index is 13.1. The molecule has 6 heteroatoms. The fourth-order valence-corrected chi connectivity index (χ4v) is 2.13. The number of nitrogens with one attached hydrogen (secondary N) is 1. The number of hydrogen-bond acceptors (Lipinski definition) is 4. The first kappa shape index (κ1) is 15.9. The predicted octanol–water partition coefficient (Wildman–Crippen LogP) is 3.41. The molecule has 2 rings (SSSR count). The number of anilines is 1. The molecule has 0 aromatic heterocycles. The van der Waals surface area contributed by atoms with E-state index in [1.165, 1.54) is 17.7 Å². The lowest BCUT2D eigenvalue weighted by atomic mass is 10.1. The average molecular weight is 303 g/mol. The van der Waals surface area contributed by atoms with Gasteiger partial charge in [0.2, 0.25) is 0 Å². The third-order valence-electron chi connectivity index (χ3n) is 3.16. The number of rotatable bonds is 6. The molecule has 2 aromatic carbocycles. The van der Waals surface area contributed by atoms with Crippen molar-refractivity contribution in [1.29, 1.82) is 0 Å². The number of hydrogen-bond donors (Lipinski definition) is 1. The van der Waals surface area contributed by atoms with Crippen LogP contribution in [0.1, 0.15) is 11.1 Å². The van der Waals surface area contributed by atoms with Gasteiger partial charge in [0.15, 0.2) is 0 Å². The summed E-state index contributed by atoms with van der Waals surface area (Å²) in [6, 6.07) is 11.5. The van der Waals surface area contributed by atoms with Crippen molar-refractivity contribution in [3.8, 4) is 0 Å². The van der Waals surface area contributed by atoms with Gasteiger partial charge in [-0.1, -0.05) is 24.3 Å². The van der Waals surface area contributed by atoms with Crippen LogP contribution in [0.4, 0.5) is 15.8 Å². The monoisotopic (exact) mass is 303 g/mol. The van der Waals surface area contributed by atoms with Crippen molar-refractivity contribution >= 4 is 11.4 Å². The summed E-state index contributed by atoms with van der Waals surface area (Å²) in [6.45, 7) is 1.30. The van der Waals surface area contributed by atoms with Crippen molar-refractivity contribution in [2.24, 2.45) is 0 Å². The topological polar surface area (TPSA) is 58.4 Å². The summed E-state index contributed by atoms with van der Waals surface area (Å²) in [5.41, 5.74) is 2.25. The molecule has 0 bridgehead atoms. The Labute approximate surface area is 128 Å². The average Bonchev–Trinajstić information content (AvgIpc) is 2.46. The third-order valence-corrected chi connectivity index (χ3v) is 3.16. The normalized spacial score (nSPS) is 10.7. The largest absolute Gasteiger partial charge is 0.375 e. The quantitative estimate of drug-likeness (QED) is 0.656. The minimum Gasteiger partial charge on any atom is -0.375 e. The molecule has 0 heterocycles. The summed E-state index contributed by atoms with van der Waals surface area (Å²) in [7, 11) is 4.01. The second-order valence-corrected chi connectivity index (χ2v) is 5.33. The van der Waals surface area contributed by atoms with Gasteiger partial charge < -0.3 is 10.2 Å². The van der Waals surface area contributed by atoms with E-state index in [-0.39, 0.29) is 5.69 Å². The molecule has 0 aliphatic rings. The number of nitrogens with zero attached hydrogens (tertiary/aromatic N) is 2. The molecule has 0 aliphatic carbocycles. The fourth-order valence-electron chi connectivity index (χ4n) is 2.13. The molecule has 0 aliphatic heterocycles. The van der Waals surface area contributed by atoms with Gasteiger partial charge in [-0.15, -0.1) is 0 Å². The lowest BCUT2D eigenvalue weighted by Gasteiger charge is -2.11. The maximum absolute atomic E-state index is 13.1. The molecule has 0 saturated heterocycles. The Morgan fingerprint density at radius 2 is 1.77 bits per heavy atom. The summed E-state index contributed by atoms with van der Waals surface area (Å²) in [5.74, 6) is -0.620. The van der Waals surface area contributed by atoms with Crippen molar-refractivity contribution in [1.82, 2.24) is 4.90 Å². The summed E-state index contributed by atoms with van der Waals surface area (Å²) in [5, 5.41) is 13.9. The van der Waals surface area contributed by atoms with Crippen molar-refractivity contribution in [3.63, 3.8) is 0 Å². The molecule has 1 N–H and O–H groups in total. The zero-order valence-corrected chi connectivity index (χ0v) is 12.5. The smallest absolute Gasteiger partial charge is 0.295 e. The van der Waals surface area contributed by atoms with Crippen LogP contribution in [0, 0.1) is 15.9 Å². The van der Waals surface area contributed by atoms with Crippen LogP contribution in [-0.2, 0) is 13.1 Å². The Balaban J connectivity index is 2.05. The van der Waals surface area contributed by atoms with Gasteiger partial charge >= 0.3 is 0 Å². The minimum absolute atomic E-state index is 0.260. The maximum Gasteiger partial charge on any atom is 0.295 e. The van der Waals surface area contributed by atoms with Crippen molar-refractivity contribution in [2.75, 3.05) is 19.4 Å². The summed E-state index contributed by atoms with van der Waals surface area (Å²) >= 11 is 0. The SMILES string of the molecule is CN(C)Cc1ccc(CNc2ccc(F)cc2[N+](=O)[O-])cc1. The summed E-state index contributed by atoms with van der Waals surface area (Å²) < 4.78 is 13.1. The number of halogens is 1. The van der Waals surface area contributed by atoms with E-state index < -0.39 is 10.7 Å². The highest BCUT2D eigenvalue weighted by molar-refractivity contribution is 5.61. The van der Waals surface area contributed by atoms with Gasteiger partial charge in [0.05, 0.1) is 11.0 Å². The zero-order chi connectivity index (χ0) is 16.1. The van der Waals surface area contributed by atoms with Crippen LogP contribution >= 0.6 is 0 Å². The van der Waals surface area contributed by atoms with Gasteiger partial charge in [-0.25, -0.2) is 4.39 Å². The minimum atomic E-state index is -0.620. The van der Waals surface area contributed by atoms with Crippen LogP contribution in [0.3, 0.4) is 0 Å². The van der Waals surface area contributed by atoms with E-state index in [4.69, 9.17) is 0 Å². The van der Waals surface area contributed by atoms with Crippen molar-refractivity contribution in [2.45, 2.75) is 13.1 Å². The van der Waals surface area contributed by atoms with Crippen LogP contribution in [0.2, 0.25) is 0 Å². The van der Waals surface area contributed by atoms with E-state index in [2.05, 4.69) is 10.2 Å². The molecular formula is C16H18FN3O2. The zero-order valence-electron chi connectivity index (χ0n) is 12.5. The first-order valence-electron chi connectivity index (χ1n) is 6.86. The van der Waals surface area contributed by atoms with E-state index in [1.54, 1.807) is 0 Å². The lowest BCUT2D eigenvalue weighted by Crippen LogP contribution is -2.10. The van der Waals surface area contributed by atoms with E-state index in [0.29, 0.717) is 12.2 Å². The number of nitro benzene ring substituents is 1. The fraction of sp³-hybridized carbons (Fsp3) is 0.250. The molecule has 116 valence electrons. The highest BCUT2D eigenvalue weighted by Gasteiger charge is 2.14. The van der Waals surface area contributed by atoms with Gasteiger partial charge in [-0.2, -0.15) is 0 Å². The first-order chi connectivity index (χ1) is 10.5. The molecule has 5 nitrogen and oxygen atoms in total. The standard InChI is InChI=1S/C16H18FN3O2/c1-19(2)11-13-5-3-12(4-6-13)10-18-15-8-7-14(17)9-16(15)20(21)22/h3-9,18H,10-11H2,1-2H3. The molecule has 0 atom stereocenters. The molecule has 0 saturated carbocycles. The van der Waals surface area contributed by atoms with Gasteiger partial charge in [0.1, 0.15) is 11.5 Å². The van der Waals surface area contributed by atoms with Crippen LogP contribution in [0.15, 0.2) is 42.5 Å².